The van der Waals surface area contributed by atoms with Crippen LogP contribution in [0, 0.1) is 0 Å². The minimum absolute atomic E-state index is 0.342. The zero-order chi connectivity index (χ0) is 12.7. The van der Waals surface area contributed by atoms with E-state index in [0.717, 1.165) is 29.0 Å². The molecule has 0 radical (unpaired) electrons. The lowest BCUT2D eigenvalue weighted by molar-refractivity contribution is 0.0596. The SMILES string of the molecule is COC(=O)c1nc(C2CNC2)n2c(Br)cccc12. The van der Waals surface area contributed by atoms with Crippen molar-refractivity contribution >= 4 is 27.4 Å². The van der Waals surface area contributed by atoms with Crippen molar-refractivity contribution in [3.8, 4) is 0 Å². The van der Waals surface area contributed by atoms with Crippen molar-refractivity contribution in [3.05, 3.63) is 34.3 Å². The third kappa shape index (κ3) is 1.64. The number of methoxy groups -OCH3 is 1. The fourth-order valence-electron chi connectivity index (χ4n) is 2.11. The second-order valence-corrected chi connectivity index (χ2v) is 5.05. The summed E-state index contributed by atoms with van der Waals surface area (Å²) in [5.41, 5.74) is 1.15. The maximum Gasteiger partial charge on any atom is 0.358 e. The Morgan fingerprint density at radius 2 is 2.33 bits per heavy atom. The maximum atomic E-state index is 11.8. The van der Waals surface area contributed by atoms with Crippen LogP contribution in [0.1, 0.15) is 22.2 Å². The van der Waals surface area contributed by atoms with E-state index in [1.54, 1.807) is 0 Å². The average molecular weight is 310 g/mol. The summed E-state index contributed by atoms with van der Waals surface area (Å²) in [5, 5.41) is 3.21. The van der Waals surface area contributed by atoms with Crippen LogP contribution >= 0.6 is 15.9 Å². The van der Waals surface area contributed by atoms with Crippen LogP contribution in [0.25, 0.3) is 5.52 Å². The van der Waals surface area contributed by atoms with Gasteiger partial charge in [0.1, 0.15) is 5.82 Å². The summed E-state index contributed by atoms with van der Waals surface area (Å²) in [5.74, 6) is 0.843. The number of halogens is 1. The number of hydrogen-bond acceptors (Lipinski definition) is 4. The molecule has 0 saturated carbocycles. The molecular weight excluding hydrogens is 298 g/mol. The molecule has 5 nitrogen and oxygen atoms in total. The molecule has 0 unspecified atom stereocenters. The Labute approximate surface area is 112 Å². The van der Waals surface area contributed by atoms with Gasteiger partial charge in [0, 0.05) is 19.0 Å². The minimum Gasteiger partial charge on any atom is -0.464 e. The van der Waals surface area contributed by atoms with Crippen molar-refractivity contribution in [1.29, 1.82) is 0 Å². The van der Waals surface area contributed by atoms with E-state index >= 15 is 0 Å². The maximum absolute atomic E-state index is 11.8. The summed E-state index contributed by atoms with van der Waals surface area (Å²) in [6.07, 6.45) is 0. The Hall–Kier alpha value is -1.40. The predicted molar refractivity (Wildman–Crippen MR) is 69.8 cm³/mol. The molecule has 3 heterocycles. The number of nitrogens with zero attached hydrogens (tertiary/aromatic N) is 2. The van der Waals surface area contributed by atoms with Crippen LogP contribution < -0.4 is 5.32 Å². The van der Waals surface area contributed by atoms with Crippen molar-refractivity contribution < 1.29 is 9.53 Å². The molecule has 0 amide bonds. The molecule has 1 fully saturated rings. The van der Waals surface area contributed by atoms with Gasteiger partial charge < -0.3 is 10.1 Å². The zero-order valence-electron chi connectivity index (χ0n) is 9.81. The number of nitrogens with one attached hydrogen (secondary N) is 1. The number of hydrogen-bond donors (Lipinski definition) is 1. The molecule has 1 N–H and O–H groups in total. The molecule has 1 aliphatic rings. The van der Waals surface area contributed by atoms with Gasteiger partial charge >= 0.3 is 5.97 Å². The van der Waals surface area contributed by atoms with Gasteiger partial charge in [-0.3, -0.25) is 4.40 Å². The van der Waals surface area contributed by atoms with E-state index in [4.69, 9.17) is 4.74 Å². The van der Waals surface area contributed by atoms with Crippen LogP contribution in [0.2, 0.25) is 0 Å². The normalized spacial score (nSPS) is 15.7. The van der Waals surface area contributed by atoms with Gasteiger partial charge in [-0.25, -0.2) is 9.78 Å². The minimum atomic E-state index is -0.399. The smallest absolute Gasteiger partial charge is 0.358 e. The molecule has 18 heavy (non-hydrogen) atoms. The molecule has 0 aromatic carbocycles. The predicted octanol–water partition coefficient (Wildman–Crippen LogP) is 1.57. The first kappa shape index (κ1) is 11.7. The molecule has 2 aromatic rings. The number of carbonyl (C=O) groups excluding carboxylic acids is 1. The van der Waals surface area contributed by atoms with Crippen LogP contribution in [0.15, 0.2) is 22.8 Å². The van der Waals surface area contributed by atoms with Crippen molar-refractivity contribution in [2.45, 2.75) is 5.92 Å². The molecule has 94 valence electrons. The molecule has 1 aliphatic heterocycles. The van der Waals surface area contributed by atoms with Gasteiger partial charge in [0.15, 0.2) is 5.69 Å². The summed E-state index contributed by atoms with van der Waals surface area (Å²) in [7, 11) is 1.37. The standard InChI is InChI=1S/C12H12BrN3O2/c1-18-12(17)10-8-3-2-4-9(13)16(8)11(15-10)7-5-14-6-7/h2-4,7,14H,5-6H2,1H3. The summed E-state index contributed by atoms with van der Waals surface area (Å²) < 4.78 is 7.65. The van der Waals surface area contributed by atoms with E-state index in [1.165, 1.54) is 7.11 Å². The fourth-order valence-corrected chi connectivity index (χ4v) is 2.64. The van der Waals surface area contributed by atoms with E-state index in [2.05, 4.69) is 26.2 Å². The van der Waals surface area contributed by atoms with Crippen LogP contribution in [0.3, 0.4) is 0 Å². The zero-order valence-corrected chi connectivity index (χ0v) is 11.4. The molecule has 0 spiro atoms. The van der Waals surface area contributed by atoms with Crippen molar-refractivity contribution in [1.82, 2.24) is 14.7 Å². The van der Waals surface area contributed by atoms with E-state index in [-0.39, 0.29) is 0 Å². The number of fused-ring (bicyclic) bond motifs is 1. The first-order valence-corrected chi connectivity index (χ1v) is 6.47. The first-order valence-electron chi connectivity index (χ1n) is 5.68. The highest BCUT2D eigenvalue weighted by molar-refractivity contribution is 9.10. The quantitative estimate of drug-likeness (QED) is 0.676. The number of esters is 1. The highest BCUT2D eigenvalue weighted by atomic mass is 79.9. The molecule has 0 atom stereocenters. The highest BCUT2D eigenvalue weighted by Crippen LogP contribution is 2.26. The van der Waals surface area contributed by atoms with Crippen LogP contribution in [-0.4, -0.2) is 35.6 Å². The summed E-state index contributed by atoms with van der Waals surface area (Å²) in [4.78, 5) is 16.2. The Morgan fingerprint density at radius 3 is 2.94 bits per heavy atom. The fraction of sp³-hybridized carbons (Fsp3) is 0.333. The van der Waals surface area contributed by atoms with E-state index in [9.17, 15) is 4.79 Å². The van der Waals surface area contributed by atoms with Crippen molar-refractivity contribution in [3.63, 3.8) is 0 Å². The van der Waals surface area contributed by atoms with Crippen LogP contribution in [0.4, 0.5) is 0 Å². The number of rotatable bonds is 2. The van der Waals surface area contributed by atoms with E-state index in [0.29, 0.717) is 11.6 Å². The lowest BCUT2D eigenvalue weighted by atomic mass is 10.0. The lowest BCUT2D eigenvalue weighted by Crippen LogP contribution is -2.41. The third-order valence-electron chi connectivity index (χ3n) is 3.17. The average Bonchev–Trinajstić information content (AvgIpc) is 2.67. The van der Waals surface area contributed by atoms with Gasteiger partial charge in [-0.15, -0.1) is 0 Å². The second-order valence-electron chi connectivity index (χ2n) is 4.23. The molecular formula is C12H12BrN3O2. The molecule has 6 heteroatoms. The molecule has 3 rings (SSSR count). The van der Waals surface area contributed by atoms with Gasteiger partial charge in [-0.1, -0.05) is 6.07 Å². The van der Waals surface area contributed by atoms with Crippen LogP contribution in [-0.2, 0) is 4.74 Å². The van der Waals surface area contributed by atoms with Gasteiger partial charge in [-0.2, -0.15) is 0 Å². The number of ether oxygens (including phenoxy) is 1. The Bertz CT molecular complexity index is 619. The lowest BCUT2D eigenvalue weighted by Gasteiger charge is -2.26. The number of carbonyl (C=O) groups is 1. The van der Waals surface area contributed by atoms with Crippen LogP contribution in [0.5, 0.6) is 0 Å². The summed E-state index contributed by atoms with van der Waals surface area (Å²) >= 11 is 3.50. The molecule has 0 aliphatic carbocycles. The molecule has 0 bridgehead atoms. The van der Waals surface area contributed by atoms with Gasteiger partial charge in [0.25, 0.3) is 0 Å². The number of pyridine rings is 1. The monoisotopic (exact) mass is 309 g/mol. The molecule has 2 aromatic heterocycles. The van der Waals surface area contributed by atoms with Gasteiger partial charge in [-0.05, 0) is 28.1 Å². The van der Waals surface area contributed by atoms with Crippen molar-refractivity contribution in [2.75, 3.05) is 20.2 Å². The van der Waals surface area contributed by atoms with Gasteiger partial charge in [0.05, 0.1) is 17.2 Å². The van der Waals surface area contributed by atoms with Crippen molar-refractivity contribution in [2.24, 2.45) is 0 Å². The highest BCUT2D eigenvalue weighted by Gasteiger charge is 2.28. The second kappa shape index (κ2) is 4.37. The number of aromatic nitrogens is 2. The van der Waals surface area contributed by atoms with E-state index in [1.807, 2.05) is 22.6 Å². The summed E-state index contributed by atoms with van der Waals surface area (Å²) in [6.45, 7) is 1.78. The Balaban J connectivity index is 2.25. The summed E-state index contributed by atoms with van der Waals surface area (Å²) in [6, 6.07) is 5.70. The molecule has 1 saturated heterocycles. The van der Waals surface area contributed by atoms with E-state index < -0.39 is 5.97 Å². The number of imidazole rings is 1. The Kier molecular flexibility index (Phi) is 2.83. The largest absolute Gasteiger partial charge is 0.464 e. The third-order valence-corrected chi connectivity index (χ3v) is 3.78. The topological polar surface area (TPSA) is 55.6 Å². The first-order chi connectivity index (χ1) is 8.72. The van der Waals surface area contributed by atoms with Gasteiger partial charge in [0.2, 0.25) is 0 Å². The Morgan fingerprint density at radius 1 is 1.56 bits per heavy atom.